The second-order valence-electron chi connectivity index (χ2n) is 7.73. The van der Waals surface area contributed by atoms with Crippen molar-refractivity contribution in [3.63, 3.8) is 0 Å². The zero-order valence-corrected chi connectivity index (χ0v) is 19.0. The Morgan fingerprint density at radius 3 is 2.81 bits per heavy atom. The van der Waals surface area contributed by atoms with Crippen LogP contribution in [0.25, 0.3) is 11.7 Å². The molecule has 0 aromatic carbocycles. The molecule has 1 saturated heterocycles. The third-order valence-corrected chi connectivity index (χ3v) is 6.09. The van der Waals surface area contributed by atoms with Crippen LogP contribution in [-0.4, -0.2) is 31.1 Å². The molecule has 4 rings (SSSR count). The van der Waals surface area contributed by atoms with E-state index in [0.717, 1.165) is 5.56 Å². The van der Waals surface area contributed by atoms with Crippen LogP contribution in [0.4, 0.5) is 5.82 Å². The number of pyridine rings is 1. The molecule has 0 unspecified atom stereocenters. The van der Waals surface area contributed by atoms with Gasteiger partial charge in [0.05, 0.1) is 23.3 Å². The Bertz CT molecular complexity index is 1250. The fraction of sp³-hybridized carbons (Fsp3) is 0.273. The summed E-state index contributed by atoms with van der Waals surface area (Å²) in [5.41, 5.74) is 1.49. The van der Waals surface area contributed by atoms with E-state index in [0.29, 0.717) is 45.1 Å². The Labute approximate surface area is 189 Å². The Hall–Kier alpha value is -2.91. The minimum atomic E-state index is -0.259. The van der Waals surface area contributed by atoms with Crippen molar-refractivity contribution in [2.24, 2.45) is 5.92 Å². The highest BCUT2D eigenvalue weighted by molar-refractivity contribution is 8.26. The topological polar surface area (TPSA) is 79.8 Å². The zero-order valence-electron chi connectivity index (χ0n) is 17.4. The molecule has 1 fully saturated rings. The van der Waals surface area contributed by atoms with Crippen molar-refractivity contribution in [1.82, 2.24) is 14.3 Å². The van der Waals surface area contributed by atoms with Crippen LogP contribution in [0.15, 0.2) is 50.8 Å². The molecule has 1 N–H and O–H groups in total. The Morgan fingerprint density at radius 2 is 2.10 bits per heavy atom. The number of hydrogen-bond acceptors (Lipinski definition) is 7. The third-order valence-electron chi connectivity index (χ3n) is 4.71. The molecule has 1 aliphatic rings. The molecule has 4 heterocycles. The van der Waals surface area contributed by atoms with Crippen LogP contribution >= 0.6 is 24.0 Å². The van der Waals surface area contributed by atoms with Crippen LogP contribution in [0.2, 0.25) is 0 Å². The van der Waals surface area contributed by atoms with Gasteiger partial charge in [0.2, 0.25) is 0 Å². The average molecular weight is 455 g/mol. The van der Waals surface area contributed by atoms with E-state index in [1.807, 2.05) is 32.9 Å². The van der Waals surface area contributed by atoms with E-state index in [1.54, 1.807) is 35.6 Å². The fourth-order valence-corrected chi connectivity index (χ4v) is 4.52. The van der Waals surface area contributed by atoms with Gasteiger partial charge in [0.25, 0.3) is 11.5 Å². The van der Waals surface area contributed by atoms with E-state index >= 15 is 0 Å². The van der Waals surface area contributed by atoms with Crippen LogP contribution in [0.1, 0.15) is 30.7 Å². The maximum atomic E-state index is 13.3. The highest BCUT2D eigenvalue weighted by Crippen LogP contribution is 2.33. The quantitative estimate of drug-likeness (QED) is 0.444. The normalized spacial score (nSPS) is 15.6. The number of amides is 1. The minimum Gasteiger partial charge on any atom is -0.467 e. The third kappa shape index (κ3) is 4.42. The van der Waals surface area contributed by atoms with Gasteiger partial charge in [0.15, 0.2) is 0 Å². The van der Waals surface area contributed by atoms with Crippen molar-refractivity contribution < 1.29 is 9.21 Å². The Balaban J connectivity index is 1.79. The number of aromatic nitrogens is 2. The summed E-state index contributed by atoms with van der Waals surface area (Å²) in [6.45, 7) is 6.86. The summed E-state index contributed by atoms with van der Waals surface area (Å²) in [6, 6.07) is 7.32. The first kappa shape index (κ1) is 21.3. The lowest BCUT2D eigenvalue weighted by Gasteiger charge is -2.16. The van der Waals surface area contributed by atoms with Gasteiger partial charge in [0.1, 0.15) is 21.5 Å². The van der Waals surface area contributed by atoms with Crippen LogP contribution in [-0.2, 0) is 11.3 Å². The second kappa shape index (κ2) is 8.68. The molecule has 1 amide bonds. The predicted molar refractivity (Wildman–Crippen MR) is 127 cm³/mol. The number of thiocarbonyl (C=S) groups is 1. The summed E-state index contributed by atoms with van der Waals surface area (Å²) in [4.78, 5) is 32.9. The van der Waals surface area contributed by atoms with Crippen LogP contribution in [0, 0.1) is 12.8 Å². The van der Waals surface area contributed by atoms with E-state index in [4.69, 9.17) is 16.6 Å². The molecule has 3 aromatic rings. The number of carbonyl (C=O) groups excluding carboxylic acids is 1. The van der Waals surface area contributed by atoms with Gasteiger partial charge in [-0.15, -0.1) is 0 Å². The summed E-state index contributed by atoms with van der Waals surface area (Å²) in [5, 5.41) is 3.18. The predicted octanol–water partition coefficient (Wildman–Crippen LogP) is 4.07. The van der Waals surface area contributed by atoms with E-state index in [-0.39, 0.29) is 17.4 Å². The molecule has 0 saturated carbocycles. The molecule has 7 nitrogen and oxygen atoms in total. The number of nitrogens with zero attached hydrogens (tertiary/aromatic N) is 3. The van der Waals surface area contributed by atoms with Crippen molar-refractivity contribution >= 4 is 51.7 Å². The molecule has 0 atom stereocenters. The van der Waals surface area contributed by atoms with Crippen molar-refractivity contribution in [1.29, 1.82) is 0 Å². The number of thioether (sulfide) groups is 1. The largest absolute Gasteiger partial charge is 0.467 e. The molecule has 0 spiro atoms. The maximum absolute atomic E-state index is 13.3. The van der Waals surface area contributed by atoms with E-state index in [2.05, 4.69) is 10.3 Å². The van der Waals surface area contributed by atoms with Gasteiger partial charge >= 0.3 is 0 Å². The zero-order chi connectivity index (χ0) is 22.1. The van der Waals surface area contributed by atoms with Gasteiger partial charge in [-0.3, -0.25) is 18.9 Å². The monoisotopic (exact) mass is 454 g/mol. The van der Waals surface area contributed by atoms with Gasteiger partial charge in [-0.25, -0.2) is 4.98 Å². The second-order valence-corrected chi connectivity index (χ2v) is 9.41. The van der Waals surface area contributed by atoms with Gasteiger partial charge in [-0.2, -0.15) is 0 Å². The molecule has 3 aromatic heterocycles. The Kier molecular flexibility index (Phi) is 5.97. The first-order chi connectivity index (χ1) is 14.8. The van der Waals surface area contributed by atoms with Crippen LogP contribution in [0.5, 0.6) is 0 Å². The minimum absolute atomic E-state index is 0.186. The van der Waals surface area contributed by atoms with Crippen molar-refractivity contribution in [3.05, 3.63) is 68.9 Å². The molecule has 160 valence electrons. The molecule has 0 bridgehead atoms. The molecule has 1 aliphatic heterocycles. The number of hydrogen-bond donors (Lipinski definition) is 1. The number of anilines is 1. The number of fused-ring (bicyclic) bond motifs is 1. The smallest absolute Gasteiger partial charge is 0.267 e. The Morgan fingerprint density at radius 1 is 1.29 bits per heavy atom. The van der Waals surface area contributed by atoms with Gasteiger partial charge in [-0.05, 0) is 42.7 Å². The molecule has 31 heavy (non-hydrogen) atoms. The fourth-order valence-electron chi connectivity index (χ4n) is 3.26. The summed E-state index contributed by atoms with van der Waals surface area (Å²) in [5.74, 6) is 1.19. The number of rotatable bonds is 6. The number of aryl methyl sites for hydroxylation is 1. The van der Waals surface area contributed by atoms with E-state index in [1.165, 1.54) is 16.2 Å². The molecule has 9 heteroatoms. The molecule has 0 radical (unpaired) electrons. The number of furan rings is 1. The van der Waals surface area contributed by atoms with Gasteiger partial charge in [0, 0.05) is 12.7 Å². The van der Waals surface area contributed by atoms with Gasteiger partial charge in [-0.1, -0.05) is 43.9 Å². The highest BCUT2D eigenvalue weighted by Gasteiger charge is 2.32. The van der Waals surface area contributed by atoms with Crippen molar-refractivity contribution in [2.45, 2.75) is 27.3 Å². The SMILES string of the molecule is Cc1ccc2nc(NCc3ccco3)c(C=C3SC(=S)N(CC(C)C)C3=O)c(=O)n2c1. The standard InChI is InChI=1S/C22H22N4O3S2/c1-13(2)11-26-21(28)17(31-22(26)30)9-16-19(23-10-15-5-4-8-29-15)24-18-7-6-14(3)12-25(18)20(16)27/h4-9,12-13,23H,10-11H2,1-3H3. The summed E-state index contributed by atoms with van der Waals surface area (Å²) in [7, 11) is 0. The first-order valence-electron chi connectivity index (χ1n) is 9.88. The van der Waals surface area contributed by atoms with Crippen LogP contribution in [0.3, 0.4) is 0 Å². The van der Waals surface area contributed by atoms with Crippen LogP contribution < -0.4 is 10.9 Å². The van der Waals surface area contributed by atoms with Gasteiger partial charge < -0.3 is 9.73 Å². The maximum Gasteiger partial charge on any atom is 0.267 e. The highest BCUT2D eigenvalue weighted by atomic mass is 32.2. The average Bonchev–Trinajstić information content (AvgIpc) is 3.33. The lowest BCUT2D eigenvalue weighted by atomic mass is 10.2. The lowest BCUT2D eigenvalue weighted by molar-refractivity contribution is -0.122. The summed E-state index contributed by atoms with van der Waals surface area (Å²) < 4.78 is 7.37. The lowest BCUT2D eigenvalue weighted by Crippen LogP contribution is -2.31. The van der Waals surface area contributed by atoms with E-state index < -0.39 is 0 Å². The first-order valence-corrected chi connectivity index (χ1v) is 11.1. The molecular weight excluding hydrogens is 432 g/mol. The van der Waals surface area contributed by atoms with E-state index in [9.17, 15) is 9.59 Å². The molecule has 0 aliphatic carbocycles. The molecular formula is C22H22N4O3S2. The number of nitrogens with one attached hydrogen (secondary N) is 1. The van der Waals surface area contributed by atoms with Crippen molar-refractivity contribution in [2.75, 3.05) is 11.9 Å². The van der Waals surface area contributed by atoms with Crippen molar-refractivity contribution in [3.8, 4) is 0 Å². The summed E-state index contributed by atoms with van der Waals surface area (Å²) >= 11 is 6.60. The number of carbonyl (C=O) groups is 1. The summed E-state index contributed by atoms with van der Waals surface area (Å²) in [6.07, 6.45) is 4.92.